The van der Waals surface area contributed by atoms with Crippen molar-refractivity contribution < 1.29 is 18.3 Å². The molecule has 0 unspecified atom stereocenters. The first-order chi connectivity index (χ1) is 8.84. The van der Waals surface area contributed by atoms with E-state index in [0.717, 1.165) is 4.31 Å². The van der Waals surface area contributed by atoms with Gasteiger partial charge in [-0.1, -0.05) is 0 Å². The summed E-state index contributed by atoms with van der Waals surface area (Å²) in [7, 11) is -0.638. The summed E-state index contributed by atoms with van der Waals surface area (Å²) < 4.78 is 26.5. The lowest BCUT2D eigenvalue weighted by molar-refractivity contribution is 0.0694. The number of carbonyl (C=O) groups is 1. The van der Waals surface area contributed by atoms with Crippen LogP contribution in [-0.4, -0.2) is 53.7 Å². The Morgan fingerprint density at radius 3 is 2.74 bits per heavy atom. The van der Waals surface area contributed by atoms with Gasteiger partial charge in [-0.2, -0.15) is 17.0 Å². The van der Waals surface area contributed by atoms with Crippen LogP contribution in [0, 0.1) is 0 Å². The van der Waals surface area contributed by atoms with E-state index in [1.165, 1.54) is 30.7 Å². The van der Waals surface area contributed by atoms with E-state index < -0.39 is 16.2 Å². The van der Waals surface area contributed by atoms with E-state index in [9.17, 15) is 13.2 Å². The van der Waals surface area contributed by atoms with Gasteiger partial charge in [0.15, 0.2) is 0 Å². The van der Waals surface area contributed by atoms with Crippen LogP contribution in [0.4, 0.5) is 0 Å². The highest BCUT2D eigenvalue weighted by Gasteiger charge is 2.31. The normalized spacial score (nSPS) is 16.4. The van der Waals surface area contributed by atoms with Crippen LogP contribution in [0.2, 0.25) is 0 Å². The van der Waals surface area contributed by atoms with Gasteiger partial charge in [0.1, 0.15) is 0 Å². The third-order valence-corrected chi connectivity index (χ3v) is 4.98. The van der Waals surface area contributed by atoms with Crippen LogP contribution in [-0.2, 0) is 23.2 Å². The second-order valence-corrected chi connectivity index (χ2v) is 6.60. The van der Waals surface area contributed by atoms with E-state index in [4.69, 9.17) is 5.11 Å². The van der Waals surface area contributed by atoms with E-state index >= 15 is 0 Å². The third-order valence-electron chi connectivity index (χ3n) is 3.10. The van der Waals surface area contributed by atoms with Crippen LogP contribution in [0.5, 0.6) is 0 Å². The number of pyridine rings is 1. The largest absolute Gasteiger partial charge is 0.478 e. The van der Waals surface area contributed by atoms with E-state index in [1.54, 1.807) is 0 Å². The maximum Gasteiger partial charge on any atom is 0.336 e. The van der Waals surface area contributed by atoms with Crippen LogP contribution >= 0.6 is 0 Å². The van der Waals surface area contributed by atoms with Crippen molar-refractivity contribution >= 4 is 16.2 Å². The minimum absolute atomic E-state index is 0.0469. The highest BCUT2D eigenvalue weighted by Crippen LogP contribution is 2.23. The fourth-order valence-corrected chi connectivity index (χ4v) is 3.12. The van der Waals surface area contributed by atoms with Crippen molar-refractivity contribution in [3.8, 4) is 0 Å². The van der Waals surface area contributed by atoms with E-state index in [0.29, 0.717) is 24.2 Å². The zero-order valence-corrected chi connectivity index (χ0v) is 11.5. The molecular weight excluding hydrogens is 270 g/mol. The first kappa shape index (κ1) is 13.9. The number of rotatable bonds is 3. The summed E-state index contributed by atoms with van der Waals surface area (Å²) in [6, 6.07) is 1.40. The van der Waals surface area contributed by atoms with Crippen LogP contribution in [0.1, 0.15) is 21.6 Å². The monoisotopic (exact) mass is 285 g/mol. The smallest absolute Gasteiger partial charge is 0.336 e. The summed E-state index contributed by atoms with van der Waals surface area (Å²) in [4.78, 5) is 15.3. The van der Waals surface area contributed by atoms with Gasteiger partial charge in [0.25, 0.3) is 10.2 Å². The molecule has 0 spiro atoms. The molecule has 0 bridgehead atoms. The molecule has 0 amide bonds. The average molecular weight is 285 g/mol. The number of aromatic nitrogens is 1. The van der Waals surface area contributed by atoms with E-state index in [2.05, 4.69) is 4.98 Å². The fourth-order valence-electron chi connectivity index (χ4n) is 2.04. The van der Waals surface area contributed by atoms with Crippen molar-refractivity contribution in [3.63, 3.8) is 0 Å². The van der Waals surface area contributed by atoms with Crippen molar-refractivity contribution in [2.45, 2.75) is 13.0 Å². The summed E-state index contributed by atoms with van der Waals surface area (Å²) in [6.07, 6.45) is 1.86. The van der Waals surface area contributed by atoms with Crippen molar-refractivity contribution in [1.29, 1.82) is 0 Å². The Morgan fingerprint density at radius 1 is 1.47 bits per heavy atom. The molecular formula is C11H15N3O4S. The van der Waals surface area contributed by atoms with E-state index in [1.807, 2.05) is 0 Å². The standard InChI is InChI=1S/C11H15N3O4S/c1-13(2)19(17,18)14-6-4-10-9(7-14)8(11(15)16)3-5-12-10/h3,5H,4,6-7H2,1-2H3,(H,15,16). The second kappa shape index (κ2) is 4.87. The maximum absolute atomic E-state index is 12.1. The van der Waals surface area contributed by atoms with Crippen molar-refractivity contribution in [2.24, 2.45) is 0 Å². The van der Waals surface area contributed by atoms with E-state index in [-0.39, 0.29) is 12.1 Å². The Balaban J connectivity index is 2.41. The van der Waals surface area contributed by atoms with Crippen LogP contribution in [0.15, 0.2) is 12.3 Å². The molecule has 8 heteroatoms. The molecule has 19 heavy (non-hydrogen) atoms. The molecule has 1 aliphatic heterocycles. The van der Waals surface area contributed by atoms with Crippen LogP contribution in [0.3, 0.4) is 0 Å². The molecule has 1 aromatic heterocycles. The fraction of sp³-hybridized carbons (Fsp3) is 0.455. The minimum atomic E-state index is -3.54. The molecule has 0 aromatic carbocycles. The molecule has 0 fully saturated rings. The Kier molecular flexibility index (Phi) is 3.57. The molecule has 0 saturated heterocycles. The molecule has 7 nitrogen and oxygen atoms in total. The topological polar surface area (TPSA) is 90.8 Å². The zero-order valence-electron chi connectivity index (χ0n) is 10.7. The lowest BCUT2D eigenvalue weighted by atomic mass is 10.0. The van der Waals surface area contributed by atoms with Gasteiger partial charge in [0.2, 0.25) is 0 Å². The average Bonchev–Trinajstić information content (AvgIpc) is 2.36. The lowest BCUT2D eigenvalue weighted by Crippen LogP contribution is -2.43. The molecule has 104 valence electrons. The SMILES string of the molecule is CN(C)S(=O)(=O)N1CCc2nccc(C(=O)O)c2C1. The number of fused-ring (bicyclic) bond motifs is 1. The number of carboxylic acids is 1. The molecule has 2 rings (SSSR count). The van der Waals surface area contributed by atoms with Gasteiger partial charge in [-0.25, -0.2) is 4.79 Å². The van der Waals surface area contributed by atoms with Gasteiger partial charge >= 0.3 is 5.97 Å². The second-order valence-electron chi connectivity index (χ2n) is 4.46. The number of hydrogen-bond donors (Lipinski definition) is 1. The molecule has 1 aromatic rings. The quantitative estimate of drug-likeness (QED) is 0.840. The highest BCUT2D eigenvalue weighted by molar-refractivity contribution is 7.86. The molecule has 2 heterocycles. The summed E-state index contributed by atoms with van der Waals surface area (Å²) in [5.41, 5.74) is 1.25. The number of hydrogen-bond acceptors (Lipinski definition) is 4. The van der Waals surface area contributed by atoms with Crippen LogP contribution in [0.25, 0.3) is 0 Å². The predicted octanol–water partition coefficient (Wildman–Crippen LogP) is -0.0557. The number of aromatic carboxylic acids is 1. The third kappa shape index (κ3) is 2.46. The van der Waals surface area contributed by atoms with Crippen molar-refractivity contribution in [2.75, 3.05) is 20.6 Å². The Labute approximate surface area is 111 Å². The van der Waals surface area contributed by atoms with Crippen LogP contribution < -0.4 is 0 Å². The summed E-state index contributed by atoms with van der Waals surface area (Å²) >= 11 is 0. The Morgan fingerprint density at radius 2 is 2.16 bits per heavy atom. The van der Waals surface area contributed by atoms with Crippen molar-refractivity contribution in [3.05, 3.63) is 29.1 Å². The Hall–Kier alpha value is -1.51. The summed E-state index contributed by atoms with van der Waals surface area (Å²) in [5, 5.41) is 9.13. The van der Waals surface area contributed by atoms with Gasteiger partial charge in [-0.15, -0.1) is 0 Å². The van der Waals surface area contributed by atoms with Gasteiger partial charge in [0.05, 0.1) is 5.56 Å². The number of nitrogens with zero attached hydrogens (tertiary/aromatic N) is 3. The lowest BCUT2D eigenvalue weighted by Gasteiger charge is -2.30. The van der Waals surface area contributed by atoms with Gasteiger partial charge in [-0.05, 0) is 6.07 Å². The molecule has 1 N–H and O–H groups in total. The zero-order chi connectivity index (χ0) is 14.2. The number of carboxylic acid groups (broad SMARTS) is 1. The first-order valence-corrected chi connectivity index (χ1v) is 7.11. The van der Waals surface area contributed by atoms with Gasteiger partial charge < -0.3 is 5.11 Å². The molecule has 0 radical (unpaired) electrons. The molecule has 0 aliphatic carbocycles. The first-order valence-electron chi connectivity index (χ1n) is 5.71. The summed E-state index contributed by atoms with van der Waals surface area (Å²) in [5.74, 6) is -1.07. The highest BCUT2D eigenvalue weighted by atomic mass is 32.2. The Bertz CT molecular complexity index is 612. The van der Waals surface area contributed by atoms with Gasteiger partial charge in [0, 0.05) is 51.1 Å². The molecule has 0 saturated carbocycles. The molecule has 0 atom stereocenters. The summed E-state index contributed by atoms with van der Waals surface area (Å²) in [6.45, 7) is 0.356. The maximum atomic E-state index is 12.1. The molecule has 1 aliphatic rings. The predicted molar refractivity (Wildman–Crippen MR) is 67.9 cm³/mol. The minimum Gasteiger partial charge on any atom is -0.478 e. The van der Waals surface area contributed by atoms with Crippen molar-refractivity contribution in [1.82, 2.24) is 13.6 Å². The van der Waals surface area contributed by atoms with Gasteiger partial charge in [-0.3, -0.25) is 4.98 Å².